The molecule has 1 aromatic rings. The number of aryl methyl sites for hydroxylation is 1. The van der Waals surface area contributed by atoms with Crippen LogP contribution < -0.4 is 10.6 Å². The van der Waals surface area contributed by atoms with Gasteiger partial charge in [0.1, 0.15) is 0 Å². The van der Waals surface area contributed by atoms with Crippen molar-refractivity contribution >= 4 is 41.3 Å². The smallest absolute Gasteiger partial charge is 0.191 e. The molecule has 0 unspecified atom stereocenters. The van der Waals surface area contributed by atoms with E-state index in [-0.39, 0.29) is 24.0 Å². The minimum Gasteiger partial charge on any atom is -0.382 e. The first kappa shape index (κ1) is 23.6. The number of aromatic nitrogens is 1. The van der Waals surface area contributed by atoms with Crippen LogP contribution in [0.5, 0.6) is 0 Å². The van der Waals surface area contributed by atoms with Crippen LogP contribution in [-0.4, -0.2) is 44.3 Å². The van der Waals surface area contributed by atoms with Gasteiger partial charge in [-0.2, -0.15) is 0 Å². The Morgan fingerprint density at radius 3 is 2.69 bits per heavy atom. The maximum Gasteiger partial charge on any atom is 0.191 e. The number of ether oxygens (including phenoxy) is 1. The molecular weight excluding hydrogens is 459 g/mol. The van der Waals surface area contributed by atoms with E-state index in [0.717, 1.165) is 51.5 Å². The van der Waals surface area contributed by atoms with Gasteiger partial charge in [-0.15, -0.1) is 35.3 Å². The largest absolute Gasteiger partial charge is 0.382 e. The highest BCUT2D eigenvalue weighted by Gasteiger charge is 2.33. The zero-order valence-corrected chi connectivity index (χ0v) is 19.6. The SMILES string of the molecule is CCOCCC1(CNC(=NC)NCCc2ncc(CC)s2)CCCC1.I. The Kier molecular flexibility index (Phi) is 11.7. The molecule has 26 heavy (non-hydrogen) atoms. The molecule has 1 aromatic heterocycles. The Morgan fingerprint density at radius 1 is 1.31 bits per heavy atom. The summed E-state index contributed by atoms with van der Waals surface area (Å²) in [4.78, 5) is 10.2. The molecule has 1 aliphatic carbocycles. The van der Waals surface area contributed by atoms with Crippen LogP contribution in [0.2, 0.25) is 0 Å². The number of hydrogen-bond acceptors (Lipinski definition) is 4. The molecule has 2 rings (SSSR count). The summed E-state index contributed by atoms with van der Waals surface area (Å²) >= 11 is 1.81. The van der Waals surface area contributed by atoms with Gasteiger partial charge in [-0.25, -0.2) is 4.98 Å². The van der Waals surface area contributed by atoms with Crippen molar-refractivity contribution in [3.8, 4) is 0 Å². The molecule has 0 radical (unpaired) electrons. The van der Waals surface area contributed by atoms with Gasteiger partial charge >= 0.3 is 0 Å². The number of halogens is 1. The van der Waals surface area contributed by atoms with Gasteiger partial charge in [-0.05, 0) is 38.0 Å². The molecule has 1 saturated carbocycles. The van der Waals surface area contributed by atoms with E-state index in [0.29, 0.717) is 5.41 Å². The van der Waals surface area contributed by atoms with E-state index in [1.54, 1.807) is 0 Å². The molecule has 0 aliphatic heterocycles. The van der Waals surface area contributed by atoms with Crippen LogP contribution >= 0.6 is 35.3 Å². The van der Waals surface area contributed by atoms with E-state index in [2.05, 4.69) is 34.5 Å². The number of aliphatic imine (C=N–C) groups is 1. The fourth-order valence-electron chi connectivity index (χ4n) is 3.48. The summed E-state index contributed by atoms with van der Waals surface area (Å²) in [6.07, 6.45) is 10.4. The predicted molar refractivity (Wildman–Crippen MR) is 122 cm³/mol. The third-order valence-corrected chi connectivity index (χ3v) is 6.28. The highest BCUT2D eigenvalue weighted by Crippen LogP contribution is 2.40. The molecular formula is C19H35IN4OS. The maximum atomic E-state index is 5.60. The van der Waals surface area contributed by atoms with Crippen LogP contribution in [0.25, 0.3) is 0 Å². The van der Waals surface area contributed by atoms with Gasteiger partial charge in [0.2, 0.25) is 0 Å². The van der Waals surface area contributed by atoms with Crippen LogP contribution in [0.1, 0.15) is 55.8 Å². The molecule has 7 heteroatoms. The van der Waals surface area contributed by atoms with Gasteiger partial charge in [0.15, 0.2) is 5.96 Å². The summed E-state index contributed by atoms with van der Waals surface area (Å²) in [6.45, 7) is 7.76. The Hall–Kier alpha value is -0.410. The average Bonchev–Trinajstić information content (AvgIpc) is 3.28. The normalized spacial score (nSPS) is 16.3. The molecule has 0 saturated heterocycles. The summed E-state index contributed by atoms with van der Waals surface area (Å²) in [5.41, 5.74) is 0.373. The van der Waals surface area contributed by atoms with Crippen molar-refractivity contribution in [1.82, 2.24) is 15.6 Å². The van der Waals surface area contributed by atoms with Crippen LogP contribution in [-0.2, 0) is 17.6 Å². The lowest BCUT2D eigenvalue weighted by molar-refractivity contribution is 0.105. The molecule has 0 amide bonds. The quantitative estimate of drug-likeness (QED) is 0.223. The van der Waals surface area contributed by atoms with Crippen LogP contribution in [0.15, 0.2) is 11.2 Å². The van der Waals surface area contributed by atoms with E-state index >= 15 is 0 Å². The number of nitrogens with one attached hydrogen (secondary N) is 2. The first-order valence-electron chi connectivity index (χ1n) is 9.67. The van der Waals surface area contributed by atoms with Crippen LogP contribution in [0, 0.1) is 5.41 Å². The van der Waals surface area contributed by atoms with Crippen molar-refractivity contribution in [3.05, 3.63) is 16.1 Å². The first-order valence-corrected chi connectivity index (χ1v) is 10.5. The predicted octanol–water partition coefficient (Wildman–Crippen LogP) is 4.02. The molecule has 0 spiro atoms. The second-order valence-electron chi connectivity index (χ2n) is 6.83. The summed E-state index contributed by atoms with van der Waals surface area (Å²) in [5, 5.41) is 8.17. The third-order valence-electron chi connectivity index (χ3n) is 5.08. The zero-order chi connectivity index (χ0) is 18.0. The van der Waals surface area contributed by atoms with Crippen molar-refractivity contribution in [2.45, 2.75) is 58.8 Å². The van der Waals surface area contributed by atoms with Gasteiger partial charge in [0.05, 0.1) is 5.01 Å². The third kappa shape index (κ3) is 7.68. The molecule has 2 N–H and O–H groups in total. The Labute approximate surface area is 179 Å². The van der Waals surface area contributed by atoms with E-state index in [9.17, 15) is 0 Å². The van der Waals surface area contributed by atoms with E-state index in [1.807, 2.05) is 24.6 Å². The lowest BCUT2D eigenvalue weighted by atomic mass is 9.83. The van der Waals surface area contributed by atoms with Crippen molar-refractivity contribution in [2.24, 2.45) is 10.4 Å². The topological polar surface area (TPSA) is 58.5 Å². The summed E-state index contributed by atoms with van der Waals surface area (Å²) in [6, 6.07) is 0. The van der Waals surface area contributed by atoms with Gasteiger partial charge in [0.25, 0.3) is 0 Å². The molecule has 1 heterocycles. The van der Waals surface area contributed by atoms with Crippen LogP contribution in [0.3, 0.4) is 0 Å². The molecule has 0 aromatic carbocycles. The highest BCUT2D eigenvalue weighted by atomic mass is 127. The van der Waals surface area contributed by atoms with E-state index < -0.39 is 0 Å². The van der Waals surface area contributed by atoms with Gasteiger partial charge < -0.3 is 15.4 Å². The fraction of sp³-hybridized carbons (Fsp3) is 0.789. The lowest BCUT2D eigenvalue weighted by Gasteiger charge is -2.30. The van der Waals surface area contributed by atoms with Crippen molar-refractivity contribution in [1.29, 1.82) is 0 Å². The number of rotatable bonds is 10. The monoisotopic (exact) mass is 494 g/mol. The van der Waals surface area contributed by atoms with E-state index in [1.165, 1.54) is 35.6 Å². The Bertz CT molecular complexity index is 529. The summed E-state index contributed by atoms with van der Waals surface area (Å²) < 4.78 is 5.60. The first-order chi connectivity index (χ1) is 12.2. The zero-order valence-electron chi connectivity index (χ0n) is 16.5. The minimum atomic E-state index is 0. The Morgan fingerprint density at radius 2 is 2.08 bits per heavy atom. The van der Waals surface area contributed by atoms with Crippen molar-refractivity contribution in [2.75, 3.05) is 33.4 Å². The number of hydrogen-bond donors (Lipinski definition) is 2. The van der Waals surface area contributed by atoms with Crippen molar-refractivity contribution < 1.29 is 4.74 Å². The van der Waals surface area contributed by atoms with Gasteiger partial charge in [0, 0.05) is 50.8 Å². The molecule has 0 bridgehead atoms. The highest BCUT2D eigenvalue weighted by molar-refractivity contribution is 14.0. The Balaban J connectivity index is 0.00000338. The molecule has 150 valence electrons. The number of thiazole rings is 1. The maximum absolute atomic E-state index is 5.60. The molecule has 5 nitrogen and oxygen atoms in total. The molecule has 0 atom stereocenters. The van der Waals surface area contributed by atoms with Gasteiger partial charge in [-0.1, -0.05) is 19.8 Å². The lowest BCUT2D eigenvalue weighted by Crippen LogP contribution is -2.44. The second-order valence-corrected chi connectivity index (χ2v) is 8.03. The number of nitrogens with zero attached hydrogens (tertiary/aromatic N) is 2. The minimum absolute atomic E-state index is 0. The van der Waals surface area contributed by atoms with Crippen LogP contribution in [0.4, 0.5) is 0 Å². The fourth-order valence-corrected chi connectivity index (χ4v) is 4.34. The number of guanidine groups is 1. The molecule has 1 aliphatic rings. The standard InChI is InChI=1S/C19H34N4OS.HI/c1-4-16-14-22-17(25-16)8-12-21-18(20-3)23-15-19(9-6-7-10-19)11-13-24-5-2;/h14H,4-13,15H2,1-3H3,(H2,20,21,23);1H. The molecule has 1 fully saturated rings. The second kappa shape index (κ2) is 12.9. The summed E-state index contributed by atoms with van der Waals surface area (Å²) in [5.74, 6) is 0.898. The van der Waals surface area contributed by atoms with E-state index in [4.69, 9.17) is 4.74 Å². The summed E-state index contributed by atoms with van der Waals surface area (Å²) in [7, 11) is 1.84. The van der Waals surface area contributed by atoms with Crippen molar-refractivity contribution in [3.63, 3.8) is 0 Å². The average molecular weight is 494 g/mol. The van der Waals surface area contributed by atoms with Gasteiger partial charge in [-0.3, -0.25) is 4.99 Å².